The molecule has 0 aliphatic heterocycles. The van der Waals surface area contributed by atoms with Gasteiger partial charge in [-0.2, -0.15) is 0 Å². The van der Waals surface area contributed by atoms with E-state index >= 15 is 0 Å². The molecule has 7 heterocycles. The second-order valence-corrected chi connectivity index (χ2v) is 30.5. The summed E-state index contributed by atoms with van der Waals surface area (Å²) in [6.45, 7) is 0. The molecule has 0 fully saturated rings. The summed E-state index contributed by atoms with van der Waals surface area (Å²) < 4.78 is 16.3. The van der Waals surface area contributed by atoms with Crippen LogP contribution in [0, 0.1) is 0 Å². The van der Waals surface area contributed by atoms with E-state index in [0.717, 1.165) is 199 Å². The highest BCUT2D eigenvalue weighted by Crippen LogP contribution is 2.47. The average Bonchev–Trinajstić information content (AvgIpc) is 1.66. The molecule has 23 aromatic rings. The highest BCUT2D eigenvalue weighted by molar-refractivity contribution is 7.26. The number of pyridine rings is 2. The molecule has 8 nitrogen and oxygen atoms in total. The van der Waals surface area contributed by atoms with Crippen molar-refractivity contribution in [2.24, 2.45) is 0 Å². The number of benzene rings is 16. The molecule has 0 aliphatic carbocycles. The van der Waals surface area contributed by atoms with Gasteiger partial charge in [0.2, 0.25) is 0 Å². The van der Waals surface area contributed by atoms with E-state index in [2.05, 4.69) is 334 Å². The molecule has 7 aromatic heterocycles. The molecule has 23 rings (SSSR count). The Balaban J connectivity index is 0.555. The summed E-state index contributed by atoms with van der Waals surface area (Å²) >= 11 is 1.85. The number of hydrogen-bond donors (Lipinski definition) is 0. The first kappa shape index (κ1) is 65.7. The van der Waals surface area contributed by atoms with Crippen molar-refractivity contribution in [1.82, 2.24) is 29.9 Å². The molecule has 534 valence electrons. The van der Waals surface area contributed by atoms with Gasteiger partial charge < -0.3 is 8.83 Å². The maximum atomic E-state index is 6.93. The van der Waals surface area contributed by atoms with E-state index in [1.54, 1.807) is 0 Å². The lowest BCUT2D eigenvalue weighted by Gasteiger charge is -2.13. The van der Waals surface area contributed by atoms with Crippen molar-refractivity contribution in [2.75, 3.05) is 0 Å². The second kappa shape index (κ2) is 26.8. The minimum absolute atomic E-state index is 0.619. The Morgan fingerprint density at radius 1 is 0.209 bits per heavy atom. The normalized spacial score (nSPS) is 11.8. The van der Waals surface area contributed by atoms with Gasteiger partial charge in [0, 0.05) is 97.0 Å². The van der Waals surface area contributed by atoms with Crippen LogP contribution >= 0.6 is 11.3 Å². The van der Waals surface area contributed by atoms with Crippen molar-refractivity contribution >= 4 is 119 Å². The second-order valence-electron chi connectivity index (χ2n) is 29.5. The summed E-state index contributed by atoms with van der Waals surface area (Å²) in [5, 5.41) is 13.5. The molecule has 0 saturated heterocycles. The molecule has 9 heteroatoms. The van der Waals surface area contributed by atoms with Gasteiger partial charge in [0.05, 0.1) is 33.8 Å². The zero-order valence-electron chi connectivity index (χ0n) is 61.7. The molecule has 0 bridgehead atoms. The van der Waals surface area contributed by atoms with E-state index in [-0.39, 0.29) is 0 Å². The standard InChI is InChI=1S/C106H62N6O2S/c1-3-17-63(18-4-1)64-35-43-70(44-36-64)89-61-90(112-106(111-89)77-55-53-75(54-56-77)101-102-98(85-24-9-12-30-93(85)113-102)96-79-22-8-7-19-67(79)57-59-87(96)107-101)71-45-37-66(38-46-71)65-33-39-68(40-34-65)78-26-15-28-83-81(78)58-60-88-97(83)99-86-25-10-13-31-94(86)114-103(99)100(108-88)74-51-49-73(50-52-74)92-62-91(109-105(110-92)76-20-5-2-6-21-76)72-47-41-69(42-48-72)80-27-16-29-84-82-23-11-14-32-95(82)115-104(80)84/h1-62H. The largest absolute Gasteiger partial charge is 0.454 e. The number of fused-ring (bicyclic) bond motifs is 17. The first-order valence-corrected chi connectivity index (χ1v) is 39.5. The lowest BCUT2D eigenvalue weighted by molar-refractivity contribution is 0.668. The van der Waals surface area contributed by atoms with E-state index in [1.165, 1.54) is 31.3 Å². The van der Waals surface area contributed by atoms with Gasteiger partial charge in [-0.05, 0) is 109 Å². The first-order valence-electron chi connectivity index (χ1n) is 38.7. The maximum Gasteiger partial charge on any atom is 0.162 e. The quantitative estimate of drug-likeness (QED) is 0.111. The topological polar surface area (TPSA) is 104 Å². The van der Waals surface area contributed by atoms with Gasteiger partial charge in [-0.15, -0.1) is 11.3 Å². The Kier molecular flexibility index (Phi) is 15.3. The Bertz CT molecular complexity index is 7840. The third-order valence-corrected chi connectivity index (χ3v) is 24.0. The summed E-state index contributed by atoms with van der Waals surface area (Å²) in [5.41, 5.74) is 26.6. The van der Waals surface area contributed by atoms with Crippen LogP contribution in [0.5, 0.6) is 0 Å². The van der Waals surface area contributed by atoms with Crippen molar-refractivity contribution in [3.05, 3.63) is 376 Å². The van der Waals surface area contributed by atoms with Crippen LogP contribution < -0.4 is 0 Å². The number of para-hydroxylation sites is 2. The number of rotatable bonds is 12. The molecule has 115 heavy (non-hydrogen) atoms. The molecule has 0 atom stereocenters. The fraction of sp³-hybridized carbons (Fsp3) is 0. The monoisotopic (exact) mass is 1480 g/mol. The average molecular weight is 1480 g/mol. The van der Waals surface area contributed by atoms with E-state index in [9.17, 15) is 0 Å². The molecular weight excluding hydrogens is 1420 g/mol. The van der Waals surface area contributed by atoms with Gasteiger partial charge >= 0.3 is 0 Å². The number of aromatic nitrogens is 6. The fourth-order valence-corrected chi connectivity index (χ4v) is 18.3. The molecule has 0 saturated carbocycles. The number of furan rings is 2. The van der Waals surface area contributed by atoms with Crippen molar-refractivity contribution in [1.29, 1.82) is 0 Å². The zero-order chi connectivity index (χ0) is 75.6. The van der Waals surface area contributed by atoms with Crippen LogP contribution in [0.1, 0.15) is 0 Å². The van der Waals surface area contributed by atoms with Crippen LogP contribution in [0.3, 0.4) is 0 Å². The maximum absolute atomic E-state index is 6.93. The minimum Gasteiger partial charge on any atom is -0.454 e. The molecule has 0 unspecified atom stereocenters. The van der Waals surface area contributed by atoms with Crippen LogP contribution in [0.15, 0.2) is 385 Å². The number of thiophene rings is 1. The Labute approximate surface area is 663 Å². The Morgan fingerprint density at radius 2 is 0.574 bits per heavy atom. The Morgan fingerprint density at radius 3 is 1.10 bits per heavy atom. The third kappa shape index (κ3) is 11.3. The van der Waals surface area contributed by atoms with Crippen LogP contribution in [0.25, 0.3) is 242 Å². The van der Waals surface area contributed by atoms with Crippen LogP contribution in [-0.4, -0.2) is 29.9 Å². The fourth-order valence-electron chi connectivity index (χ4n) is 17.1. The van der Waals surface area contributed by atoms with Gasteiger partial charge in [0.25, 0.3) is 0 Å². The highest BCUT2D eigenvalue weighted by atomic mass is 32.1. The highest BCUT2D eigenvalue weighted by Gasteiger charge is 2.24. The molecule has 0 spiro atoms. The van der Waals surface area contributed by atoms with E-state index < -0.39 is 0 Å². The molecule has 0 amide bonds. The minimum atomic E-state index is 0.619. The van der Waals surface area contributed by atoms with Crippen molar-refractivity contribution in [2.45, 2.75) is 0 Å². The Hall–Kier alpha value is -15.2. The summed E-state index contributed by atoms with van der Waals surface area (Å²) in [6.07, 6.45) is 0. The van der Waals surface area contributed by atoms with Gasteiger partial charge in [0.15, 0.2) is 22.8 Å². The van der Waals surface area contributed by atoms with E-state index in [0.29, 0.717) is 11.6 Å². The molecule has 0 aliphatic rings. The van der Waals surface area contributed by atoms with E-state index in [4.69, 9.17) is 38.7 Å². The predicted molar refractivity (Wildman–Crippen MR) is 476 cm³/mol. The SMILES string of the molecule is c1ccc(-c2ccc(-c3cc(-c4ccc(-c5ccc(-c6cccc7c6ccc6nc(-c8ccc(-c9cc(-c%10ccc(-c%11cccc%12c%11sc%11ccccc%11%12)cc%10)nc(-c%10ccccc%10)n9)cc8)c8oc9ccccc9c8c67)cc5)cc4)nc(-c4ccc(-c5nc6ccc7ccccc7c6c6c5oc5ccccc56)cc4)n3)cc2)cc1. The van der Waals surface area contributed by atoms with Gasteiger partial charge in [-0.25, -0.2) is 29.9 Å². The summed E-state index contributed by atoms with van der Waals surface area (Å²) in [6, 6.07) is 133. The van der Waals surface area contributed by atoms with Crippen molar-refractivity contribution < 1.29 is 8.83 Å². The number of nitrogens with zero attached hydrogens (tertiary/aromatic N) is 6. The number of hydrogen-bond acceptors (Lipinski definition) is 9. The molecule has 16 aromatic carbocycles. The molecule has 0 radical (unpaired) electrons. The van der Waals surface area contributed by atoms with Crippen LogP contribution in [0.4, 0.5) is 0 Å². The predicted octanol–water partition coefficient (Wildman–Crippen LogP) is 28.8. The van der Waals surface area contributed by atoms with Crippen molar-refractivity contribution in [3.8, 4) is 135 Å². The van der Waals surface area contributed by atoms with Gasteiger partial charge in [-0.3, -0.25) is 0 Å². The molecular formula is C106H62N6O2S. The lowest BCUT2D eigenvalue weighted by atomic mass is 9.92. The van der Waals surface area contributed by atoms with E-state index in [1.807, 2.05) is 53.8 Å². The van der Waals surface area contributed by atoms with Crippen LogP contribution in [-0.2, 0) is 0 Å². The van der Waals surface area contributed by atoms with Crippen molar-refractivity contribution in [3.63, 3.8) is 0 Å². The third-order valence-electron chi connectivity index (χ3n) is 22.8. The van der Waals surface area contributed by atoms with Crippen LogP contribution in [0.2, 0.25) is 0 Å². The zero-order valence-corrected chi connectivity index (χ0v) is 62.5. The van der Waals surface area contributed by atoms with Gasteiger partial charge in [-0.1, -0.05) is 334 Å². The summed E-state index contributed by atoms with van der Waals surface area (Å²) in [7, 11) is 0. The summed E-state index contributed by atoms with van der Waals surface area (Å²) in [5.74, 6) is 1.28. The smallest absolute Gasteiger partial charge is 0.162 e. The summed E-state index contributed by atoms with van der Waals surface area (Å²) in [4.78, 5) is 31.9. The molecule has 0 N–H and O–H groups in total. The van der Waals surface area contributed by atoms with Gasteiger partial charge in [0.1, 0.15) is 22.6 Å². The lowest BCUT2D eigenvalue weighted by Crippen LogP contribution is -1.96. The first-order chi connectivity index (χ1) is 56.9.